The number of thioether (sulfide) groups is 1. The molecule has 0 radical (unpaired) electrons. The number of rotatable bonds is 1. The fourth-order valence-electron chi connectivity index (χ4n) is 1.52. The SMILES string of the molecule is CC(=O)SCC#Cc1cnc2c(c1)CCN2. The molecule has 0 aliphatic carbocycles. The first-order valence-corrected chi connectivity index (χ1v) is 6.09. The molecule has 1 aromatic heterocycles. The highest BCUT2D eigenvalue weighted by atomic mass is 32.2. The zero-order valence-corrected chi connectivity index (χ0v) is 9.86. The third-order valence-electron chi connectivity index (χ3n) is 2.23. The summed E-state index contributed by atoms with van der Waals surface area (Å²) in [7, 11) is 0. The van der Waals surface area contributed by atoms with E-state index in [1.54, 1.807) is 13.1 Å². The standard InChI is InChI=1S/C12H12N2OS/c1-9(15)16-6-2-3-10-7-11-4-5-13-12(11)14-8-10/h7-8H,4-6H2,1H3,(H,13,14). The molecule has 2 heterocycles. The third-order valence-corrected chi connectivity index (χ3v) is 2.93. The number of nitrogens with zero attached hydrogens (tertiary/aromatic N) is 1. The molecule has 1 aliphatic rings. The highest BCUT2D eigenvalue weighted by molar-refractivity contribution is 8.13. The summed E-state index contributed by atoms with van der Waals surface area (Å²) in [5, 5.41) is 3.30. The summed E-state index contributed by atoms with van der Waals surface area (Å²) in [5.74, 6) is 7.49. The second kappa shape index (κ2) is 5.04. The van der Waals surface area contributed by atoms with Crippen molar-refractivity contribution in [2.24, 2.45) is 0 Å². The van der Waals surface area contributed by atoms with Crippen molar-refractivity contribution in [1.82, 2.24) is 4.98 Å². The van der Waals surface area contributed by atoms with Crippen molar-refractivity contribution in [2.45, 2.75) is 13.3 Å². The number of carbonyl (C=O) groups excluding carboxylic acids is 1. The molecule has 16 heavy (non-hydrogen) atoms. The molecule has 4 heteroatoms. The monoisotopic (exact) mass is 232 g/mol. The average molecular weight is 232 g/mol. The fraction of sp³-hybridized carbons (Fsp3) is 0.333. The molecule has 0 saturated heterocycles. The summed E-state index contributed by atoms with van der Waals surface area (Å²) >= 11 is 1.23. The van der Waals surface area contributed by atoms with Crippen LogP contribution in [-0.2, 0) is 11.2 Å². The quantitative estimate of drug-likeness (QED) is 0.748. The lowest BCUT2D eigenvalue weighted by Crippen LogP contribution is -1.92. The normalized spacial score (nSPS) is 12.3. The van der Waals surface area contributed by atoms with Crippen molar-refractivity contribution in [1.29, 1.82) is 0 Å². The molecule has 1 aromatic rings. The minimum Gasteiger partial charge on any atom is -0.370 e. The molecule has 1 aliphatic heterocycles. The number of carbonyl (C=O) groups is 1. The Morgan fingerprint density at radius 2 is 2.56 bits per heavy atom. The van der Waals surface area contributed by atoms with Crippen LogP contribution in [0.15, 0.2) is 12.3 Å². The summed E-state index contributed by atoms with van der Waals surface area (Å²) in [6.45, 7) is 2.51. The third kappa shape index (κ3) is 2.77. The minimum absolute atomic E-state index is 0.102. The highest BCUT2D eigenvalue weighted by Gasteiger charge is 2.10. The van der Waals surface area contributed by atoms with E-state index in [1.807, 2.05) is 0 Å². The number of pyridine rings is 1. The molecule has 3 nitrogen and oxygen atoms in total. The Balaban J connectivity index is 2.02. The smallest absolute Gasteiger partial charge is 0.186 e. The van der Waals surface area contributed by atoms with Gasteiger partial charge in [-0.25, -0.2) is 4.98 Å². The van der Waals surface area contributed by atoms with Gasteiger partial charge in [0.05, 0.1) is 5.75 Å². The van der Waals surface area contributed by atoms with Crippen LogP contribution >= 0.6 is 11.8 Å². The van der Waals surface area contributed by atoms with Crippen LogP contribution in [0.4, 0.5) is 5.82 Å². The van der Waals surface area contributed by atoms with Crippen molar-refractivity contribution in [2.75, 3.05) is 17.6 Å². The van der Waals surface area contributed by atoms with Gasteiger partial charge in [0.2, 0.25) is 0 Å². The topological polar surface area (TPSA) is 42.0 Å². The van der Waals surface area contributed by atoms with Gasteiger partial charge in [-0.05, 0) is 18.1 Å². The molecule has 82 valence electrons. The molecule has 0 unspecified atom stereocenters. The molecular weight excluding hydrogens is 220 g/mol. The first kappa shape index (κ1) is 11.0. The predicted octanol–water partition coefficient (Wildman–Crippen LogP) is 1.68. The van der Waals surface area contributed by atoms with Gasteiger partial charge in [-0.2, -0.15) is 0 Å². The Labute approximate surface area is 99.0 Å². The first-order valence-electron chi connectivity index (χ1n) is 5.11. The van der Waals surface area contributed by atoms with E-state index in [2.05, 4.69) is 28.2 Å². The van der Waals surface area contributed by atoms with Crippen molar-refractivity contribution in [3.8, 4) is 11.8 Å². The lowest BCUT2D eigenvalue weighted by molar-refractivity contribution is -0.109. The van der Waals surface area contributed by atoms with E-state index in [4.69, 9.17) is 0 Å². The van der Waals surface area contributed by atoms with Gasteiger partial charge < -0.3 is 5.32 Å². The van der Waals surface area contributed by atoms with E-state index in [1.165, 1.54) is 17.3 Å². The average Bonchev–Trinajstić information content (AvgIpc) is 2.71. The van der Waals surface area contributed by atoms with Crippen molar-refractivity contribution >= 4 is 22.7 Å². The van der Waals surface area contributed by atoms with Crippen LogP contribution in [0.25, 0.3) is 0 Å². The van der Waals surface area contributed by atoms with E-state index in [0.29, 0.717) is 5.75 Å². The van der Waals surface area contributed by atoms with Crippen LogP contribution in [-0.4, -0.2) is 22.4 Å². The minimum atomic E-state index is 0.102. The maximum absolute atomic E-state index is 10.7. The lowest BCUT2D eigenvalue weighted by atomic mass is 10.2. The first-order chi connectivity index (χ1) is 7.75. The molecule has 0 amide bonds. The Morgan fingerprint density at radius 1 is 1.69 bits per heavy atom. The summed E-state index contributed by atoms with van der Waals surface area (Å²) in [5.41, 5.74) is 2.15. The molecule has 0 fully saturated rings. The van der Waals surface area contributed by atoms with Gasteiger partial charge in [0.15, 0.2) is 5.12 Å². The molecule has 0 aromatic carbocycles. The highest BCUT2D eigenvalue weighted by Crippen LogP contribution is 2.19. The van der Waals surface area contributed by atoms with E-state index >= 15 is 0 Å². The van der Waals surface area contributed by atoms with Gasteiger partial charge in [-0.1, -0.05) is 23.6 Å². The van der Waals surface area contributed by atoms with Gasteiger partial charge in [-0.15, -0.1) is 0 Å². The summed E-state index contributed by atoms with van der Waals surface area (Å²) in [4.78, 5) is 15.0. The Bertz CT molecular complexity index is 474. The van der Waals surface area contributed by atoms with Gasteiger partial charge >= 0.3 is 0 Å². The number of fused-ring (bicyclic) bond motifs is 1. The van der Waals surface area contributed by atoms with E-state index in [-0.39, 0.29) is 5.12 Å². The van der Waals surface area contributed by atoms with Crippen LogP contribution in [0.1, 0.15) is 18.1 Å². The summed E-state index contributed by atoms with van der Waals surface area (Å²) in [6, 6.07) is 2.06. The Kier molecular flexibility index (Phi) is 3.47. The van der Waals surface area contributed by atoms with Gasteiger partial charge in [0, 0.05) is 25.2 Å². The van der Waals surface area contributed by atoms with Crippen LogP contribution in [0.2, 0.25) is 0 Å². The van der Waals surface area contributed by atoms with Gasteiger partial charge in [-0.3, -0.25) is 4.79 Å². The van der Waals surface area contributed by atoms with Crippen molar-refractivity contribution in [3.63, 3.8) is 0 Å². The fourth-order valence-corrected chi connectivity index (χ4v) is 1.87. The molecule has 1 N–H and O–H groups in total. The Hall–Kier alpha value is -1.47. The van der Waals surface area contributed by atoms with Crippen LogP contribution in [0.5, 0.6) is 0 Å². The van der Waals surface area contributed by atoms with Crippen LogP contribution in [0, 0.1) is 11.8 Å². The summed E-state index contributed by atoms with van der Waals surface area (Å²) in [6.07, 6.45) is 2.78. The maximum Gasteiger partial charge on any atom is 0.186 e. The van der Waals surface area contributed by atoms with Crippen molar-refractivity contribution in [3.05, 3.63) is 23.4 Å². The van der Waals surface area contributed by atoms with E-state index < -0.39 is 0 Å². The van der Waals surface area contributed by atoms with E-state index in [0.717, 1.165) is 24.3 Å². The predicted molar refractivity (Wildman–Crippen MR) is 66.4 cm³/mol. The zero-order valence-electron chi connectivity index (χ0n) is 9.04. The van der Waals surface area contributed by atoms with Gasteiger partial charge in [0.25, 0.3) is 0 Å². The second-order valence-electron chi connectivity index (χ2n) is 3.49. The largest absolute Gasteiger partial charge is 0.370 e. The second-order valence-corrected chi connectivity index (χ2v) is 4.64. The van der Waals surface area contributed by atoms with Gasteiger partial charge in [0.1, 0.15) is 5.82 Å². The number of anilines is 1. The molecular formula is C12H12N2OS. The number of hydrogen-bond acceptors (Lipinski definition) is 4. The Morgan fingerprint density at radius 3 is 3.38 bits per heavy atom. The zero-order chi connectivity index (χ0) is 11.4. The lowest BCUT2D eigenvalue weighted by Gasteiger charge is -1.97. The summed E-state index contributed by atoms with van der Waals surface area (Å²) < 4.78 is 0. The maximum atomic E-state index is 10.7. The van der Waals surface area contributed by atoms with E-state index in [9.17, 15) is 4.79 Å². The number of nitrogens with one attached hydrogen (secondary N) is 1. The number of aromatic nitrogens is 1. The molecule has 0 spiro atoms. The van der Waals surface area contributed by atoms with Crippen LogP contribution < -0.4 is 5.32 Å². The molecule has 0 atom stereocenters. The molecule has 0 saturated carbocycles. The molecule has 2 rings (SSSR count). The molecule has 0 bridgehead atoms. The van der Waals surface area contributed by atoms with Crippen molar-refractivity contribution < 1.29 is 4.79 Å². The number of hydrogen-bond donors (Lipinski definition) is 1. The van der Waals surface area contributed by atoms with Crippen LogP contribution in [0.3, 0.4) is 0 Å².